The molecule has 5 aromatic rings. The summed E-state index contributed by atoms with van der Waals surface area (Å²) >= 11 is 0. The first-order chi connectivity index (χ1) is 20.9. The zero-order chi connectivity index (χ0) is 29.8. The van der Waals surface area contributed by atoms with Crippen molar-refractivity contribution in [3.8, 4) is 0 Å². The third-order valence-corrected chi connectivity index (χ3v) is 9.99. The second-order valence-corrected chi connectivity index (χ2v) is 12.8. The van der Waals surface area contributed by atoms with Crippen molar-refractivity contribution >= 4 is 21.5 Å². The Kier molecular flexibility index (Phi) is 8.08. The lowest BCUT2D eigenvalue weighted by molar-refractivity contribution is 0.0896. The molecule has 1 aliphatic heterocycles. The Morgan fingerprint density at radius 1 is 0.721 bits per heavy atom. The number of allylic oxidation sites excluding steroid dienone is 1. The van der Waals surface area contributed by atoms with Gasteiger partial charge in [0, 0.05) is 18.0 Å². The van der Waals surface area contributed by atoms with Gasteiger partial charge in [-0.2, -0.15) is 0 Å². The average Bonchev–Trinajstić information content (AvgIpc) is 3.05. The molecule has 4 nitrogen and oxygen atoms in total. The van der Waals surface area contributed by atoms with Gasteiger partial charge in [-0.1, -0.05) is 145 Å². The summed E-state index contributed by atoms with van der Waals surface area (Å²) in [5.41, 5.74) is 5.72. The van der Waals surface area contributed by atoms with Crippen molar-refractivity contribution < 1.29 is 13.2 Å². The molecule has 0 aliphatic carbocycles. The molecule has 0 N–H and O–H groups in total. The highest BCUT2D eigenvalue weighted by Crippen LogP contribution is 2.42. The first kappa shape index (κ1) is 28.4. The minimum Gasteiger partial charge on any atom is -0.294 e. The molecule has 0 bridgehead atoms. The number of nitrogens with zero attached hydrogens (tertiary/aromatic N) is 1. The van der Waals surface area contributed by atoms with Gasteiger partial charge in [0.1, 0.15) is 0 Å². The molecule has 0 amide bonds. The Balaban J connectivity index is 1.51. The molecule has 0 saturated carbocycles. The first-order valence-corrected chi connectivity index (χ1v) is 15.9. The molecule has 6 rings (SSSR count). The van der Waals surface area contributed by atoms with E-state index in [9.17, 15) is 13.2 Å². The predicted octanol–water partition coefficient (Wildman–Crippen LogP) is 7.91. The SMILES string of the molecule is Cc1ccc(C(=O)C2CN(S(=O)(=O)c3ccccc3Cc3ccccc3)C(c3ccccc3)=CC2c2ccccc2)cc1. The van der Waals surface area contributed by atoms with Crippen molar-refractivity contribution in [2.45, 2.75) is 24.2 Å². The molecule has 5 aromatic carbocycles. The van der Waals surface area contributed by atoms with Crippen molar-refractivity contribution in [3.05, 3.63) is 179 Å². The summed E-state index contributed by atoms with van der Waals surface area (Å²) in [4.78, 5) is 14.5. The second-order valence-electron chi connectivity index (χ2n) is 11.0. The predicted molar refractivity (Wildman–Crippen MR) is 172 cm³/mol. The van der Waals surface area contributed by atoms with Crippen LogP contribution in [-0.2, 0) is 16.4 Å². The summed E-state index contributed by atoms with van der Waals surface area (Å²) < 4.78 is 31.0. The molecule has 0 fully saturated rings. The van der Waals surface area contributed by atoms with E-state index in [1.807, 2.05) is 140 Å². The van der Waals surface area contributed by atoms with Crippen LogP contribution >= 0.6 is 0 Å². The van der Waals surface area contributed by atoms with Gasteiger partial charge in [0.05, 0.1) is 16.5 Å². The Labute approximate surface area is 254 Å². The fraction of sp³-hybridized carbons (Fsp3) is 0.132. The number of carbonyl (C=O) groups is 1. The van der Waals surface area contributed by atoms with Crippen LogP contribution in [0, 0.1) is 12.8 Å². The van der Waals surface area contributed by atoms with Crippen LogP contribution < -0.4 is 0 Å². The first-order valence-electron chi connectivity index (χ1n) is 14.5. The van der Waals surface area contributed by atoms with Crippen molar-refractivity contribution in [2.24, 2.45) is 5.92 Å². The summed E-state index contributed by atoms with van der Waals surface area (Å²) in [6, 6.07) is 44.0. The maximum atomic E-state index is 14.7. The molecule has 43 heavy (non-hydrogen) atoms. The lowest BCUT2D eigenvalue weighted by atomic mass is 9.78. The number of sulfonamides is 1. The maximum Gasteiger partial charge on any atom is 0.264 e. The number of carbonyl (C=O) groups excluding carboxylic acids is 1. The summed E-state index contributed by atoms with van der Waals surface area (Å²) in [6.45, 7) is 2.01. The number of aryl methyl sites for hydroxylation is 1. The Bertz CT molecular complexity index is 1850. The molecule has 0 radical (unpaired) electrons. The van der Waals surface area contributed by atoms with Crippen molar-refractivity contribution in [2.75, 3.05) is 6.54 Å². The summed E-state index contributed by atoms with van der Waals surface area (Å²) in [7, 11) is -4.06. The normalized spacial score (nSPS) is 16.9. The highest BCUT2D eigenvalue weighted by atomic mass is 32.2. The van der Waals surface area contributed by atoms with E-state index in [-0.39, 0.29) is 23.1 Å². The molecule has 0 spiro atoms. The Morgan fingerprint density at radius 3 is 1.98 bits per heavy atom. The van der Waals surface area contributed by atoms with Crippen LogP contribution in [0.3, 0.4) is 0 Å². The van der Waals surface area contributed by atoms with Crippen LogP contribution in [0.1, 0.15) is 44.1 Å². The minimum atomic E-state index is -4.06. The molecule has 5 heteroatoms. The third kappa shape index (κ3) is 5.95. The van der Waals surface area contributed by atoms with Gasteiger partial charge < -0.3 is 0 Å². The highest BCUT2D eigenvalue weighted by molar-refractivity contribution is 7.89. The molecule has 2 unspecified atom stereocenters. The van der Waals surface area contributed by atoms with Crippen LogP contribution in [0.5, 0.6) is 0 Å². The average molecular weight is 584 g/mol. The summed E-state index contributed by atoms with van der Waals surface area (Å²) in [6.07, 6.45) is 2.45. The fourth-order valence-corrected chi connectivity index (χ4v) is 7.60. The standard InChI is InChI=1S/C38H33NO3S/c1-28-21-23-32(24-22-28)38(40)35-27-39(36(31-17-9-4-10-18-31)26-34(35)30-15-7-3-8-16-30)43(41,42)37-20-12-11-19-33(37)25-29-13-5-2-6-14-29/h2-24,26,34-35H,25,27H2,1H3. The van der Waals surface area contributed by atoms with Gasteiger partial charge in [0.25, 0.3) is 10.0 Å². The van der Waals surface area contributed by atoms with E-state index >= 15 is 0 Å². The van der Waals surface area contributed by atoms with Gasteiger partial charge in [-0.15, -0.1) is 0 Å². The number of rotatable bonds is 8. The number of ketones is 1. The largest absolute Gasteiger partial charge is 0.294 e. The smallest absolute Gasteiger partial charge is 0.264 e. The quantitative estimate of drug-likeness (QED) is 0.174. The number of Topliss-reactive ketones (excluding diaryl/α,β-unsaturated/α-hetero) is 1. The van der Waals surface area contributed by atoms with E-state index in [1.54, 1.807) is 12.1 Å². The molecule has 1 aliphatic rings. The van der Waals surface area contributed by atoms with Gasteiger partial charge in [-0.3, -0.25) is 9.10 Å². The third-order valence-electron chi connectivity index (χ3n) is 8.11. The molecule has 0 saturated heterocycles. The molecular weight excluding hydrogens is 550 g/mol. The van der Waals surface area contributed by atoms with E-state index in [2.05, 4.69) is 0 Å². The lowest BCUT2D eigenvalue weighted by Gasteiger charge is -2.38. The summed E-state index contributed by atoms with van der Waals surface area (Å²) in [5, 5.41) is 0. The number of hydrogen-bond donors (Lipinski definition) is 0. The number of hydrogen-bond acceptors (Lipinski definition) is 3. The van der Waals surface area contributed by atoms with E-state index in [0.29, 0.717) is 23.2 Å². The van der Waals surface area contributed by atoms with Gasteiger partial charge >= 0.3 is 0 Å². The molecule has 0 aromatic heterocycles. The molecule has 1 heterocycles. The van der Waals surface area contributed by atoms with Crippen molar-refractivity contribution in [3.63, 3.8) is 0 Å². The minimum absolute atomic E-state index is 0.0228. The van der Waals surface area contributed by atoms with E-state index in [4.69, 9.17) is 0 Å². The van der Waals surface area contributed by atoms with Crippen molar-refractivity contribution in [1.29, 1.82) is 0 Å². The number of benzene rings is 5. The molecule has 2 atom stereocenters. The van der Waals surface area contributed by atoms with Gasteiger partial charge in [-0.05, 0) is 41.7 Å². The van der Waals surface area contributed by atoms with Crippen LogP contribution in [0.25, 0.3) is 5.70 Å². The van der Waals surface area contributed by atoms with Gasteiger partial charge in [0.15, 0.2) is 5.78 Å². The van der Waals surface area contributed by atoms with Crippen LogP contribution in [0.2, 0.25) is 0 Å². The molecular formula is C38H33NO3S. The fourth-order valence-electron chi connectivity index (χ4n) is 5.85. The van der Waals surface area contributed by atoms with E-state index < -0.39 is 15.9 Å². The zero-order valence-corrected chi connectivity index (χ0v) is 24.8. The maximum absolute atomic E-state index is 14.7. The lowest BCUT2D eigenvalue weighted by Crippen LogP contribution is -2.42. The van der Waals surface area contributed by atoms with Crippen molar-refractivity contribution in [1.82, 2.24) is 4.31 Å². The molecule has 214 valence electrons. The van der Waals surface area contributed by atoms with Crippen LogP contribution in [-0.4, -0.2) is 25.1 Å². The zero-order valence-electron chi connectivity index (χ0n) is 24.0. The summed E-state index contributed by atoms with van der Waals surface area (Å²) in [5.74, 6) is -1.00. The van der Waals surface area contributed by atoms with Gasteiger partial charge in [0.2, 0.25) is 0 Å². The second kappa shape index (κ2) is 12.2. The Hall–Kier alpha value is -4.74. The van der Waals surface area contributed by atoms with E-state index in [1.165, 1.54) is 4.31 Å². The monoisotopic (exact) mass is 583 g/mol. The topological polar surface area (TPSA) is 54.5 Å². The van der Waals surface area contributed by atoms with Crippen LogP contribution in [0.15, 0.2) is 150 Å². The van der Waals surface area contributed by atoms with Crippen LogP contribution in [0.4, 0.5) is 0 Å². The Morgan fingerprint density at radius 2 is 1.30 bits per heavy atom. The van der Waals surface area contributed by atoms with E-state index in [0.717, 1.165) is 22.3 Å². The van der Waals surface area contributed by atoms with Gasteiger partial charge in [-0.25, -0.2) is 8.42 Å². The highest BCUT2D eigenvalue weighted by Gasteiger charge is 2.41.